The van der Waals surface area contributed by atoms with Gasteiger partial charge in [0.1, 0.15) is 11.5 Å². The van der Waals surface area contributed by atoms with E-state index in [2.05, 4.69) is 6.08 Å². The Bertz CT molecular complexity index is 568. The average molecular weight is 254 g/mol. The molecule has 98 valence electrons. The highest BCUT2D eigenvalue weighted by molar-refractivity contribution is 5.51. The van der Waals surface area contributed by atoms with Crippen molar-refractivity contribution in [1.82, 2.24) is 0 Å². The van der Waals surface area contributed by atoms with Crippen LogP contribution in [0.5, 0.6) is 11.5 Å². The minimum absolute atomic E-state index is 0.352. The van der Waals surface area contributed by atoms with Crippen LogP contribution in [-0.4, -0.2) is 12.2 Å². The van der Waals surface area contributed by atoms with Crippen LogP contribution in [0.2, 0.25) is 0 Å². The van der Waals surface area contributed by atoms with Crippen molar-refractivity contribution in [1.29, 1.82) is 0 Å². The first-order valence-corrected chi connectivity index (χ1v) is 6.28. The molecule has 2 aromatic carbocycles. The van der Waals surface area contributed by atoms with Crippen molar-refractivity contribution in [2.75, 3.05) is 7.11 Å². The standard InChI is InChI=1S/C17H18O2/c1-13-6-11-17(18)15(12-13)5-3-4-14-7-9-16(19-2)10-8-14/h3-4,6-12,18H,5H2,1-2H3/b4-3-. The second-order valence-corrected chi connectivity index (χ2v) is 4.51. The first-order chi connectivity index (χ1) is 9.19. The molecule has 0 bridgehead atoms. The number of rotatable bonds is 4. The molecule has 2 aromatic rings. The molecule has 0 amide bonds. The number of phenolic OH excluding ortho intramolecular Hbond substituents is 1. The van der Waals surface area contributed by atoms with Crippen molar-refractivity contribution in [2.45, 2.75) is 13.3 Å². The summed E-state index contributed by atoms with van der Waals surface area (Å²) in [6.07, 6.45) is 4.82. The normalized spacial score (nSPS) is 10.8. The largest absolute Gasteiger partial charge is 0.508 e. The molecule has 0 aliphatic heterocycles. The number of benzene rings is 2. The van der Waals surface area contributed by atoms with E-state index in [0.717, 1.165) is 28.9 Å². The number of phenols is 1. The summed E-state index contributed by atoms with van der Waals surface area (Å²) < 4.78 is 5.11. The Morgan fingerprint density at radius 1 is 1.11 bits per heavy atom. The Labute approximate surface area is 114 Å². The van der Waals surface area contributed by atoms with Gasteiger partial charge in [0.25, 0.3) is 0 Å². The molecule has 1 N–H and O–H groups in total. The van der Waals surface area contributed by atoms with E-state index in [9.17, 15) is 5.11 Å². The van der Waals surface area contributed by atoms with E-state index in [1.807, 2.05) is 49.4 Å². The van der Waals surface area contributed by atoms with Gasteiger partial charge >= 0.3 is 0 Å². The third-order valence-electron chi connectivity index (χ3n) is 3.00. The second kappa shape index (κ2) is 6.10. The molecule has 0 spiro atoms. The Kier molecular flexibility index (Phi) is 4.24. The zero-order valence-corrected chi connectivity index (χ0v) is 11.3. The van der Waals surface area contributed by atoms with Crippen LogP contribution in [0, 0.1) is 6.92 Å². The molecule has 2 nitrogen and oxygen atoms in total. The molecule has 0 aromatic heterocycles. The van der Waals surface area contributed by atoms with Crippen LogP contribution in [0.1, 0.15) is 16.7 Å². The first-order valence-electron chi connectivity index (χ1n) is 6.28. The highest BCUT2D eigenvalue weighted by Gasteiger charge is 1.98. The molecular formula is C17H18O2. The molecule has 0 radical (unpaired) electrons. The van der Waals surface area contributed by atoms with Crippen molar-refractivity contribution in [3.63, 3.8) is 0 Å². The Hall–Kier alpha value is -2.22. The van der Waals surface area contributed by atoms with Gasteiger partial charge in [0.05, 0.1) is 7.11 Å². The summed E-state index contributed by atoms with van der Waals surface area (Å²) in [6, 6.07) is 13.5. The fraction of sp³-hybridized carbons (Fsp3) is 0.176. The second-order valence-electron chi connectivity index (χ2n) is 4.51. The molecule has 0 unspecified atom stereocenters. The number of hydrogen-bond donors (Lipinski definition) is 1. The molecule has 0 aliphatic carbocycles. The highest BCUT2D eigenvalue weighted by atomic mass is 16.5. The van der Waals surface area contributed by atoms with Crippen LogP contribution in [0.15, 0.2) is 48.5 Å². The maximum Gasteiger partial charge on any atom is 0.119 e. The Morgan fingerprint density at radius 2 is 1.84 bits per heavy atom. The molecule has 0 heterocycles. The van der Waals surface area contributed by atoms with Gasteiger partial charge in [0, 0.05) is 0 Å². The lowest BCUT2D eigenvalue weighted by Gasteiger charge is -2.03. The van der Waals surface area contributed by atoms with Crippen molar-refractivity contribution < 1.29 is 9.84 Å². The molecule has 2 rings (SSSR count). The van der Waals surface area contributed by atoms with Gasteiger partial charge in [0.15, 0.2) is 0 Å². The lowest BCUT2D eigenvalue weighted by atomic mass is 10.1. The lowest BCUT2D eigenvalue weighted by Crippen LogP contribution is -1.84. The molecule has 0 saturated carbocycles. The maximum absolute atomic E-state index is 9.75. The molecule has 2 heteroatoms. The van der Waals surface area contributed by atoms with Crippen LogP contribution in [0.4, 0.5) is 0 Å². The van der Waals surface area contributed by atoms with Gasteiger partial charge < -0.3 is 9.84 Å². The molecule has 0 fully saturated rings. The Balaban J connectivity index is 2.04. The van der Waals surface area contributed by atoms with Gasteiger partial charge in [0.2, 0.25) is 0 Å². The summed E-state index contributed by atoms with van der Waals surface area (Å²) in [5, 5.41) is 9.75. The van der Waals surface area contributed by atoms with Gasteiger partial charge in [-0.05, 0) is 42.7 Å². The summed E-state index contributed by atoms with van der Waals surface area (Å²) in [6.45, 7) is 2.02. The van der Waals surface area contributed by atoms with E-state index in [0.29, 0.717) is 5.75 Å². The van der Waals surface area contributed by atoms with Crippen molar-refractivity contribution in [3.8, 4) is 11.5 Å². The Morgan fingerprint density at radius 3 is 2.53 bits per heavy atom. The third-order valence-corrected chi connectivity index (χ3v) is 3.00. The third kappa shape index (κ3) is 3.62. The zero-order valence-electron chi connectivity index (χ0n) is 11.3. The molecule has 0 saturated heterocycles. The van der Waals surface area contributed by atoms with E-state index in [1.165, 1.54) is 0 Å². The van der Waals surface area contributed by atoms with E-state index in [-0.39, 0.29) is 0 Å². The quantitative estimate of drug-likeness (QED) is 0.894. The SMILES string of the molecule is COc1ccc(/C=C\Cc2cc(C)ccc2O)cc1. The number of allylic oxidation sites excluding steroid dienone is 1. The zero-order chi connectivity index (χ0) is 13.7. The number of ether oxygens (including phenoxy) is 1. The number of aromatic hydroxyl groups is 1. The van der Waals surface area contributed by atoms with Gasteiger partial charge in [-0.15, -0.1) is 0 Å². The van der Waals surface area contributed by atoms with Gasteiger partial charge in [-0.3, -0.25) is 0 Å². The van der Waals surface area contributed by atoms with Crippen LogP contribution in [0.3, 0.4) is 0 Å². The van der Waals surface area contributed by atoms with E-state index < -0.39 is 0 Å². The predicted octanol–water partition coefficient (Wildman–Crippen LogP) is 3.97. The van der Waals surface area contributed by atoms with Gasteiger partial charge in [-0.1, -0.05) is 42.0 Å². The van der Waals surface area contributed by atoms with E-state index in [1.54, 1.807) is 13.2 Å². The van der Waals surface area contributed by atoms with Crippen LogP contribution in [-0.2, 0) is 6.42 Å². The molecule has 0 aliphatic rings. The monoisotopic (exact) mass is 254 g/mol. The summed E-state index contributed by atoms with van der Waals surface area (Å²) >= 11 is 0. The number of methoxy groups -OCH3 is 1. The summed E-state index contributed by atoms with van der Waals surface area (Å²) in [5.41, 5.74) is 3.23. The summed E-state index contributed by atoms with van der Waals surface area (Å²) in [7, 11) is 1.66. The highest BCUT2D eigenvalue weighted by Crippen LogP contribution is 2.19. The smallest absolute Gasteiger partial charge is 0.119 e. The van der Waals surface area contributed by atoms with E-state index >= 15 is 0 Å². The predicted molar refractivity (Wildman–Crippen MR) is 78.6 cm³/mol. The molecule has 19 heavy (non-hydrogen) atoms. The van der Waals surface area contributed by atoms with Crippen LogP contribution in [0.25, 0.3) is 6.08 Å². The molecule has 0 atom stereocenters. The van der Waals surface area contributed by atoms with Crippen molar-refractivity contribution >= 4 is 6.08 Å². The average Bonchev–Trinajstić information content (AvgIpc) is 2.43. The maximum atomic E-state index is 9.75. The van der Waals surface area contributed by atoms with Crippen LogP contribution >= 0.6 is 0 Å². The summed E-state index contributed by atoms with van der Waals surface area (Å²) in [4.78, 5) is 0. The first kappa shape index (κ1) is 13.2. The minimum Gasteiger partial charge on any atom is -0.508 e. The fourth-order valence-electron chi connectivity index (χ4n) is 1.91. The van der Waals surface area contributed by atoms with Gasteiger partial charge in [-0.25, -0.2) is 0 Å². The topological polar surface area (TPSA) is 29.5 Å². The molecular weight excluding hydrogens is 236 g/mol. The lowest BCUT2D eigenvalue weighted by molar-refractivity contribution is 0.415. The number of hydrogen-bond acceptors (Lipinski definition) is 2. The summed E-state index contributed by atoms with van der Waals surface area (Å²) in [5.74, 6) is 1.21. The van der Waals surface area contributed by atoms with Crippen LogP contribution < -0.4 is 4.74 Å². The fourth-order valence-corrected chi connectivity index (χ4v) is 1.91. The minimum atomic E-state index is 0.352. The van der Waals surface area contributed by atoms with E-state index in [4.69, 9.17) is 4.74 Å². The van der Waals surface area contributed by atoms with Gasteiger partial charge in [-0.2, -0.15) is 0 Å². The number of aryl methyl sites for hydroxylation is 1. The van der Waals surface area contributed by atoms with Crippen molar-refractivity contribution in [2.24, 2.45) is 0 Å². The van der Waals surface area contributed by atoms with Crippen molar-refractivity contribution in [3.05, 3.63) is 65.2 Å².